The van der Waals surface area contributed by atoms with Crippen molar-refractivity contribution in [3.8, 4) is 0 Å². The number of carbonyl (C=O) groups excluding carboxylic acids is 2. The van der Waals surface area contributed by atoms with E-state index in [0.717, 1.165) is 22.9 Å². The summed E-state index contributed by atoms with van der Waals surface area (Å²) in [5.41, 5.74) is 2.09. The number of aromatic nitrogens is 1. The Bertz CT molecular complexity index is 857. The van der Waals surface area contributed by atoms with E-state index in [-0.39, 0.29) is 18.2 Å². The minimum atomic E-state index is -0.135. The minimum Gasteiger partial charge on any atom is -0.356 e. The molecule has 2 amide bonds. The molecule has 0 saturated carbocycles. The van der Waals surface area contributed by atoms with Crippen LogP contribution in [0.5, 0.6) is 0 Å². The molecule has 128 valence electrons. The average Bonchev–Trinajstić information content (AvgIpc) is 3.17. The van der Waals surface area contributed by atoms with E-state index in [1.807, 2.05) is 41.8 Å². The SMILES string of the molecule is O=C(CCNC(=O)c1cccs1)NCCc1cccc2cccnc12. The highest BCUT2D eigenvalue weighted by atomic mass is 32.1. The predicted molar refractivity (Wildman–Crippen MR) is 99.7 cm³/mol. The molecule has 0 spiro atoms. The Hall–Kier alpha value is -2.73. The van der Waals surface area contributed by atoms with Crippen molar-refractivity contribution in [2.45, 2.75) is 12.8 Å². The summed E-state index contributed by atoms with van der Waals surface area (Å²) < 4.78 is 0. The maximum atomic E-state index is 11.9. The summed E-state index contributed by atoms with van der Waals surface area (Å²) in [6, 6.07) is 13.6. The van der Waals surface area contributed by atoms with Gasteiger partial charge in [0.1, 0.15) is 0 Å². The maximum absolute atomic E-state index is 11.9. The van der Waals surface area contributed by atoms with Crippen molar-refractivity contribution in [3.05, 3.63) is 64.5 Å². The normalized spacial score (nSPS) is 10.6. The maximum Gasteiger partial charge on any atom is 0.261 e. The minimum absolute atomic E-state index is 0.0697. The molecule has 0 fully saturated rings. The summed E-state index contributed by atoms with van der Waals surface area (Å²) in [7, 11) is 0. The molecule has 3 aromatic rings. The van der Waals surface area contributed by atoms with Gasteiger partial charge in [0.15, 0.2) is 0 Å². The van der Waals surface area contributed by atoms with Crippen LogP contribution in [-0.2, 0) is 11.2 Å². The van der Waals surface area contributed by atoms with Gasteiger partial charge in [-0.05, 0) is 29.5 Å². The number of benzene rings is 1. The van der Waals surface area contributed by atoms with Crippen LogP contribution >= 0.6 is 11.3 Å². The van der Waals surface area contributed by atoms with Gasteiger partial charge in [-0.3, -0.25) is 14.6 Å². The lowest BCUT2D eigenvalue weighted by Crippen LogP contribution is -2.31. The molecule has 0 aliphatic heterocycles. The number of nitrogens with zero attached hydrogens (tertiary/aromatic N) is 1. The van der Waals surface area contributed by atoms with Crippen molar-refractivity contribution in [2.75, 3.05) is 13.1 Å². The second-order valence-corrected chi connectivity index (χ2v) is 6.52. The van der Waals surface area contributed by atoms with E-state index in [0.29, 0.717) is 18.0 Å². The number of pyridine rings is 1. The van der Waals surface area contributed by atoms with Gasteiger partial charge in [0.05, 0.1) is 10.4 Å². The van der Waals surface area contributed by atoms with Crippen LogP contribution in [0.15, 0.2) is 54.0 Å². The van der Waals surface area contributed by atoms with Gasteiger partial charge in [0.25, 0.3) is 5.91 Å². The molecular weight excluding hydrogens is 334 g/mol. The smallest absolute Gasteiger partial charge is 0.261 e. The van der Waals surface area contributed by atoms with Crippen molar-refractivity contribution >= 4 is 34.1 Å². The molecular formula is C19H19N3O2S. The third kappa shape index (κ3) is 4.64. The van der Waals surface area contributed by atoms with E-state index in [4.69, 9.17) is 0 Å². The van der Waals surface area contributed by atoms with Crippen molar-refractivity contribution in [3.63, 3.8) is 0 Å². The number of rotatable bonds is 7. The molecule has 0 radical (unpaired) electrons. The third-order valence-corrected chi connectivity index (χ3v) is 4.68. The fourth-order valence-electron chi connectivity index (χ4n) is 2.58. The van der Waals surface area contributed by atoms with Crippen LogP contribution in [0.4, 0.5) is 0 Å². The van der Waals surface area contributed by atoms with Gasteiger partial charge in [-0.2, -0.15) is 0 Å². The molecule has 0 saturated heterocycles. The van der Waals surface area contributed by atoms with Crippen molar-refractivity contribution < 1.29 is 9.59 Å². The lowest BCUT2D eigenvalue weighted by Gasteiger charge is -2.08. The number of carbonyl (C=O) groups is 2. The molecule has 2 aromatic heterocycles. The molecule has 2 N–H and O–H groups in total. The number of amides is 2. The number of hydrogen-bond donors (Lipinski definition) is 2. The first-order chi connectivity index (χ1) is 12.2. The highest BCUT2D eigenvalue weighted by Crippen LogP contribution is 2.15. The highest BCUT2D eigenvalue weighted by Gasteiger charge is 2.07. The summed E-state index contributed by atoms with van der Waals surface area (Å²) in [4.78, 5) is 28.7. The van der Waals surface area contributed by atoms with Gasteiger partial charge >= 0.3 is 0 Å². The van der Waals surface area contributed by atoms with Crippen LogP contribution in [0.25, 0.3) is 10.9 Å². The number of thiophene rings is 1. The molecule has 2 heterocycles. The summed E-state index contributed by atoms with van der Waals surface area (Å²) in [5.74, 6) is -0.204. The van der Waals surface area contributed by atoms with E-state index in [1.54, 1.807) is 12.3 Å². The zero-order valence-corrected chi connectivity index (χ0v) is 14.5. The Morgan fingerprint density at radius 1 is 1.00 bits per heavy atom. The van der Waals surface area contributed by atoms with E-state index in [1.165, 1.54) is 11.3 Å². The monoisotopic (exact) mass is 353 g/mol. The zero-order valence-electron chi connectivity index (χ0n) is 13.7. The summed E-state index contributed by atoms with van der Waals surface area (Å²) >= 11 is 1.38. The van der Waals surface area contributed by atoms with E-state index >= 15 is 0 Å². The van der Waals surface area contributed by atoms with Crippen LogP contribution < -0.4 is 10.6 Å². The number of nitrogens with one attached hydrogen (secondary N) is 2. The Kier molecular flexibility index (Phi) is 5.74. The number of fused-ring (bicyclic) bond motifs is 1. The molecule has 1 aromatic carbocycles. The standard InChI is InChI=1S/C19H19N3O2S/c23-17(9-12-22-19(24)16-7-3-13-25-16)20-11-8-15-5-1-4-14-6-2-10-21-18(14)15/h1-7,10,13H,8-9,11-12H2,(H,20,23)(H,22,24). The fourth-order valence-corrected chi connectivity index (χ4v) is 3.22. The summed E-state index contributed by atoms with van der Waals surface area (Å²) in [5, 5.41) is 8.59. The predicted octanol–water partition coefficient (Wildman–Crippen LogP) is 2.78. The Labute approximate surface area is 150 Å². The van der Waals surface area contributed by atoms with Crippen molar-refractivity contribution in [2.24, 2.45) is 0 Å². The van der Waals surface area contributed by atoms with Gasteiger partial charge in [-0.15, -0.1) is 11.3 Å². The van der Waals surface area contributed by atoms with E-state index in [9.17, 15) is 9.59 Å². The van der Waals surface area contributed by atoms with Crippen LogP contribution in [0, 0.1) is 0 Å². The van der Waals surface area contributed by atoms with Crippen LogP contribution in [0.3, 0.4) is 0 Å². The number of para-hydroxylation sites is 1. The summed E-state index contributed by atoms with van der Waals surface area (Å²) in [6.45, 7) is 0.881. The molecule has 5 nitrogen and oxygen atoms in total. The van der Waals surface area contributed by atoms with Gasteiger partial charge in [0, 0.05) is 31.1 Å². The average molecular weight is 353 g/mol. The fraction of sp³-hybridized carbons (Fsp3) is 0.211. The second-order valence-electron chi connectivity index (χ2n) is 5.58. The summed E-state index contributed by atoms with van der Waals surface area (Å²) in [6.07, 6.45) is 2.77. The Morgan fingerprint density at radius 2 is 1.88 bits per heavy atom. The topological polar surface area (TPSA) is 71.1 Å². The highest BCUT2D eigenvalue weighted by molar-refractivity contribution is 7.12. The molecule has 25 heavy (non-hydrogen) atoms. The molecule has 0 aliphatic rings. The van der Waals surface area contributed by atoms with Crippen molar-refractivity contribution in [1.82, 2.24) is 15.6 Å². The van der Waals surface area contributed by atoms with E-state index in [2.05, 4.69) is 15.6 Å². The first kappa shape index (κ1) is 17.1. The molecule has 3 rings (SSSR count). The van der Waals surface area contributed by atoms with Crippen molar-refractivity contribution in [1.29, 1.82) is 0 Å². The molecule has 0 atom stereocenters. The first-order valence-electron chi connectivity index (χ1n) is 8.15. The zero-order chi connectivity index (χ0) is 17.5. The van der Waals surface area contributed by atoms with Crippen LogP contribution in [0.1, 0.15) is 21.7 Å². The molecule has 0 aliphatic carbocycles. The largest absolute Gasteiger partial charge is 0.356 e. The Balaban J connectivity index is 1.41. The lowest BCUT2D eigenvalue weighted by atomic mass is 10.1. The van der Waals surface area contributed by atoms with E-state index < -0.39 is 0 Å². The molecule has 6 heteroatoms. The lowest BCUT2D eigenvalue weighted by molar-refractivity contribution is -0.120. The first-order valence-corrected chi connectivity index (χ1v) is 9.03. The number of hydrogen-bond acceptors (Lipinski definition) is 4. The molecule has 0 bridgehead atoms. The van der Waals surface area contributed by atoms with Gasteiger partial charge in [-0.1, -0.05) is 30.3 Å². The molecule has 0 unspecified atom stereocenters. The van der Waals surface area contributed by atoms with Crippen LogP contribution in [-0.4, -0.2) is 29.9 Å². The Morgan fingerprint density at radius 3 is 2.72 bits per heavy atom. The quantitative estimate of drug-likeness (QED) is 0.686. The van der Waals surface area contributed by atoms with Gasteiger partial charge in [0.2, 0.25) is 5.91 Å². The third-order valence-electron chi connectivity index (χ3n) is 3.82. The van der Waals surface area contributed by atoms with Gasteiger partial charge in [-0.25, -0.2) is 0 Å². The van der Waals surface area contributed by atoms with Gasteiger partial charge < -0.3 is 10.6 Å². The van der Waals surface area contributed by atoms with Crippen LogP contribution in [0.2, 0.25) is 0 Å². The second kappa shape index (κ2) is 8.39.